The second-order valence-electron chi connectivity index (χ2n) is 5.32. The van der Waals surface area contributed by atoms with Crippen LogP contribution >= 0.6 is 11.8 Å². The molecule has 1 aromatic rings. The fraction of sp³-hybridized carbons (Fsp3) is 0.846. The predicted octanol–water partition coefficient (Wildman–Crippen LogP) is 2.57. The van der Waals surface area contributed by atoms with Crippen LogP contribution in [0.15, 0.2) is 4.52 Å². The molecule has 4 nitrogen and oxygen atoms in total. The van der Waals surface area contributed by atoms with Crippen molar-refractivity contribution in [3.8, 4) is 0 Å². The van der Waals surface area contributed by atoms with E-state index in [1.807, 2.05) is 11.8 Å². The first-order valence-electron chi connectivity index (χ1n) is 7.06. The summed E-state index contributed by atoms with van der Waals surface area (Å²) in [5.41, 5.74) is 0. The lowest BCUT2D eigenvalue weighted by Gasteiger charge is -2.21. The van der Waals surface area contributed by atoms with Crippen LogP contribution in [0.3, 0.4) is 0 Å². The van der Waals surface area contributed by atoms with Crippen molar-refractivity contribution in [3.05, 3.63) is 11.7 Å². The molecule has 1 N–H and O–H groups in total. The van der Waals surface area contributed by atoms with E-state index in [2.05, 4.69) is 15.5 Å². The van der Waals surface area contributed by atoms with Gasteiger partial charge in [0.1, 0.15) is 0 Å². The number of thioether (sulfide) groups is 1. The molecule has 18 heavy (non-hydrogen) atoms. The van der Waals surface area contributed by atoms with E-state index in [-0.39, 0.29) is 0 Å². The molecule has 0 radical (unpaired) electrons. The summed E-state index contributed by atoms with van der Waals surface area (Å²) in [7, 11) is 0. The van der Waals surface area contributed by atoms with Crippen LogP contribution in [0.25, 0.3) is 0 Å². The van der Waals surface area contributed by atoms with E-state index < -0.39 is 0 Å². The number of nitrogens with zero attached hydrogens (tertiary/aromatic N) is 2. The number of rotatable bonds is 3. The zero-order chi connectivity index (χ0) is 12.2. The first kappa shape index (κ1) is 12.5. The highest BCUT2D eigenvalue weighted by molar-refractivity contribution is 7.99. The lowest BCUT2D eigenvalue weighted by Crippen LogP contribution is -2.31. The SMILES string of the molecule is C1CCC(c2nc(CC3CCCNC3)no2)SC1. The third kappa shape index (κ3) is 3.06. The van der Waals surface area contributed by atoms with Gasteiger partial charge in [-0.05, 0) is 50.4 Å². The largest absolute Gasteiger partial charge is 0.338 e. The molecule has 2 fully saturated rings. The minimum Gasteiger partial charge on any atom is -0.338 e. The predicted molar refractivity (Wildman–Crippen MR) is 72.6 cm³/mol. The summed E-state index contributed by atoms with van der Waals surface area (Å²) in [6, 6.07) is 0. The molecule has 1 aromatic heterocycles. The molecular weight excluding hydrogens is 246 g/mol. The van der Waals surface area contributed by atoms with Gasteiger partial charge in [-0.2, -0.15) is 4.98 Å². The standard InChI is InChI=1S/C13H21N3OS/c1-2-7-18-11(5-1)13-15-12(16-17-13)8-10-4-3-6-14-9-10/h10-11,14H,1-9H2. The number of hydrogen-bond donors (Lipinski definition) is 1. The molecular formula is C13H21N3OS. The highest BCUT2D eigenvalue weighted by atomic mass is 32.2. The maximum absolute atomic E-state index is 5.44. The number of hydrogen-bond acceptors (Lipinski definition) is 5. The van der Waals surface area contributed by atoms with Gasteiger partial charge in [0.25, 0.3) is 0 Å². The van der Waals surface area contributed by atoms with Crippen molar-refractivity contribution < 1.29 is 4.52 Å². The number of aromatic nitrogens is 2. The molecule has 2 aliphatic heterocycles. The minimum atomic E-state index is 0.449. The third-order valence-electron chi connectivity index (χ3n) is 3.81. The highest BCUT2D eigenvalue weighted by Gasteiger charge is 2.23. The topological polar surface area (TPSA) is 51.0 Å². The summed E-state index contributed by atoms with van der Waals surface area (Å²) in [6.45, 7) is 2.26. The van der Waals surface area contributed by atoms with Crippen LogP contribution in [0.5, 0.6) is 0 Å². The van der Waals surface area contributed by atoms with Crippen molar-refractivity contribution >= 4 is 11.8 Å². The zero-order valence-electron chi connectivity index (χ0n) is 10.7. The van der Waals surface area contributed by atoms with E-state index in [9.17, 15) is 0 Å². The van der Waals surface area contributed by atoms with Crippen molar-refractivity contribution in [2.45, 2.75) is 43.8 Å². The molecule has 2 atom stereocenters. The third-order valence-corrected chi connectivity index (χ3v) is 5.17. The molecule has 2 aliphatic rings. The van der Waals surface area contributed by atoms with E-state index in [4.69, 9.17) is 4.52 Å². The average molecular weight is 267 g/mol. The normalized spacial score (nSPS) is 29.3. The lowest BCUT2D eigenvalue weighted by atomic mass is 9.96. The van der Waals surface area contributed by atoms with Gasteiger partial charge in [0, 0.05) is 6.42 Å². The minimum absolute atomic E-state index is 0.449. The molecule has 0 spiro atoms. The van der Waals surface area contributed by atoms with Crippen LogP contribution < -0.4 is 5.32 Å². The summed E-state index contributed by atoms with van der Waals surface area (Å²) >= 11 is 1.97. The van der Waals surface area contributed by atoms with Crippen molar-refractivity contribution in [1.82, 2.24) is 15.5 Å². The molecule has 0 amide bonds. The molecule has 2 unspecified atom stereocenters. The van der Waals surface area contributed by atoms with E-state index in [1.54, 1.807) is 0 Å². The van der Waals surface area contributed by atoms with Crippen molar-refractivity contribution in [1.29, 1.82) is 0 Å². The Morgan fingerprint density at radius 1 is 1.28 bits per heavy atom. The first-order chi connectivity index (χ1) is 8.92. The Morgan fingerprint density at radius 3 is 3.06 bits per heavy atom. The van der Waals surface area contributed by atoms with Crippen molar-refractivity contribution in [2.24, 2.45) is 5.92 Å². The molecule has 0 aliphatic carbocycles. The Morgan fingerprint density at radius 2 is 2.28 bits per heavy atom. The highest BCUT2D eigenvalue weighted by Crippen LogP contribution is 2.37. The quantitative estimate of drug-likeness (QED) is 0.912. The van der Waals surface area contributed by atoms with Gasteiger partial charge in [-0.15, -0.1) is 11.8 Å². The van der Waals surface area contributed by atoms with Gasteiger partial charge in [0.05, 0.1) is 5.25 Å². The lowest BCUT2D eigenvalue weighted by molar-refractivity contribution is 0.346. The van der Waals surface area contributed by atoms with Gasteiger partial charge in [0.2, 0.25) is 5.89 Å². The molecule has 3 heterocycles. The molecule has 5 heteroatoms. The molecule has 0 aromatic carbocycles. The van der Waals surface area contributed by atoms with E-state index >= 15 is 0 Å². The van der Waals surface area contributed by atoms with Gasteiger partial charge in [-0.25, -0.2) is 0 Å². The zero-order valence-corrected chi connectivity index (χ0v) is 11.5. The van der Waals surface area contributed by atoms with Crippen LogP contribution in [0.4, 0.5) is 0 Å². The Balaban J connectivity index is 1.58. The maximum Gasteiger partial charge on any atom is 0.239 e. The average Bonchev–Trinajstić information content (AvgIpc) is 2.89. The van der Waals surface area contributed by atoms with Crippen LogP contribution in [0, 0.1) is 5.92 Å². The Kier molecular flexibility index (Phi) is 4.20. The van der Waals surface area contributed by atoms with Crippen LogP contribution in [0.2, 0.25) is 0 Å². The summed E-state index contributed by atoms with van der Waals surface area (Å²) in [6.07, 6.45) is 7.34. The van der Waals surface area contributed by atoms with Crippen LogP contribution in [-0.2, 0) is 6.42 Å². The fourth-order valence-electron chi connectivity index (χ4n) is 2.77. The van der Waals surface area contributed by atoms with E-state index in [1.165, 1.54) is 37.9 Å². The van der Waals surface area contributed by atoms with Gasteiger partial charge in [0.15, 0.2) is 5.82 Å². The summed E-state index contributed by atoms with van der Waals surface area (Å²) in [5, 5.41) is 8.04. The second-order valence-corrected chi connectivity index (χ2v) is 6.63. The molecule has 0 saturated carbocycles. The Bertz CT molecular complexity index is 370. The smallest absolute Gasteiger partial charge is 0.239 e. The fourth-order valence-corrected chi connectivity index (χ4v) is 4.00. The second kappa shape index (κ2) is 6.06. The number of nitrogens with one attached hydrogen (secondary N) is 1. The van der Waals surface area contributed by atoms with Gasteiger partial charge in [-0.3, -0.25) is 0 Å². The van der Waals surface area contributed by atoms with Crippen molar-refractivity contribution in [2.75, 3.05) is 18.8 Å². The maximum atomic E-state index is 5.44. The van der Waals surface area contributed by atoms with E-state index in [0.717, 1.165) is 31.2 Å². The molecule has 3 rings (SSSR count). The molecule has 100 valence electrons. The molecule has 0 bridgehead atoms. The van der Waals surface area contributed by atoms with Crippen LogP contribution in [-0.4, -0.2) is 29.0 Å². The summed E-state index contributed by atoms with van der Waals surface area (Å²) < 4.78 is 5.44. The van der Waals surface area contributed by atoms with Crippen molar-refractivity contribution in [3.63, 3.8) is 0 Å². The van der Waals surface area contributed by atoms with E-state index in [0.29, 0.717) is 11.2 Å². The van der Waals surface area contributed by atoms with Gasteiger partial charge in [-0.1, -0.05) is 11.6 Å². The summed E-state index contributed by atoms with van der Waals surface area (Å²) in [5.74, 6) is 3.68. The summed E-state index contributed by atoms with van der Waals surface area (Å²) in [4.78, 5) is 4.60. The van der Waals surface area contributed by atoms with Gasteiger partial charge >= 0.3 is 0 Å². The Labute approximate surface area is 112 Å². The number of piperidine rings is 1. The molecule has 2 saturated heterocycles. The Hall–Kier alpha value is -0.550. The van der Waals surface area contributed by atoms with Gasteiger partial charge < -0.3 is 9.84 Å². The van der Waals surface area contributed by atoms with Crippen LogP contribution in [0.1, 0.15) is 49.1 Å². The first-order valence-corrected chi connectivity index (χ1v) is 8.11. The monoisotopic (exact) mass is 267 g/mol.